The summed E-state index contributed by atoms with van der Waals surface area (Å²) in [6.45, 7) is 5.94. The van der Waals surface area contributed by atoms with Gasteiger partial charge in [-0.2, -0.15) is 0 Å². The van der Waals surface area contributed by atoms with Crippen LogP contribution in [-0.2, 0) is 0 Å². The highest BCUT2D eigenvalue weighted by Gasteiger charge is 2.52. The number of hydrogen-bond donors (Lipinski definition) is 3. The number of rotatable bonds is 2. The first-order valence-electron chi connectivity index (χ1n) is 7.06. The van der Waals surface area contributed by atoms with Gasteiger partial charge in [0.2, 0.25) is 0 Å². The van der Waals surface area contributed by atoms with Crippen LogP contribution in [0.2, 0.25) is 0 Å². The molecule has 104 valence electrons. The van der Waals surface area contributed by atoms with Crippen LogP contribution >= 0.6 is 0 Å². The predicted octanol–water partition coefficient (Wildman–Crippen LogP) is 1.86. The number of fused-ring (bicyclic) bond motifs is 1. The lowest BCUT2D eigenvalue weighted by atomic mass is 9.77. The summed E-state index contributed by atoms with van der Waals surface area (Å²) in [7, 11) is 0. The van der Waals surface area contributed by atoms with Gasteiger partial charge in [-0.1, -0.05) is 25.5 Å². The molecule has 0 radical (unpaired) electrons. The van der Waals surface area contributed by atoms with Crippen LogP contribution in [0.4, 0.5) is 0 Å². The number of aliphatic hydroxyl groups is 3. The smallest absolute Gasteiger partial charge is 0.0915 e. The Labute approximate surface area is 110 Å². The van der Waals surface area contributed by atoms with Crippen molar-refractivity contribution in [1.29, 1.82) is 0 Å². The number of allylic oxidation sites excluding steroid dienone is 1. The van der Waals surface area contributed by atoms with E-state index in [1.54, 1.807) is 0 Å². The summed E-state index contributed by atoms with van der Waals surface area (Å²) in [5, 5.41) is 30.7. The second-order valence-electron chi connectivity index (χ2n) is 6.69. The molecule has 0 bridgehead atoms. The van der Waals surface area contributed by atoms with Crippen LogP contribution < -0.4 is 0 Å². The van der Waals surface area contributed by atoms with E-state index in [1.165, 1.54) is 5.57 Å². The summed E-state index contributed by atoms with van der Waals surface area (Å²) >= 11 is 0. The van der Waals surface area contributed by atoms with E-state index in [0.717, 1.165) is 12.8 Å². The average molecular weight is 254 g/mol. The molecular formula is C15H26O3. The molecule has 2 aliphatic carbocycles. The van der Waals surface area contributed by atoms with Crippen LogP contribution in [-0.4, -0.2) is 33.1 Å². The highest BCUT2D eigenvalue weighted by atomic mass is 16.3. The molecule has 0 aromatic carbocycles. The Bertz CT molecular complexity index is 346. The zero-order valence-electron chi connectivity index (χ0n) is 11.7. The van der Waals surface area contributed by atoms with Crippen LogP contribution in [0.1, 0.15) is 46.5 Å². The maximum absolute atomic E-state index is 10.7. The van der Waals surface area contributed by atoms with E-state index in [9.17, 15) is 15.3 Å². The van der Waals surface area contributed by atoms with Crippen molar-refractivity contribution in [1.82, 2.24) is 0 Å². The van der Waals surface area contributed by atoms with E-state index in [2.05, 4.69) is 19.9 Å². The van der Waals surface area contributed by atoms with Crippen molar-refractivity contribution in [2.24, 2.45) is 17.8 Å². The first kappa shape index (κ1) is 14.0. The Kier molecular flexibility index (Phi) is 3.60. The van der Waals surface area contributed by atoms with Gasteiger partial charge in [-0.15, -0.1) is 0 Å². The second-order valence-corrected chi connectivity index (χ2v) is 6.69. The Morgan fingerprint density at radius 2 is 2.00 bits per heavy atom. The van der Waals surface area contributed by atoms with Crippen molar-refractivity contribution in [3.8, 4) is 0 Å². The van der Waals surface area contributed by atoms with Gasteiger partial charge in [0.25, 0.3) is 0 Å². The van der Waals surface area contributed by atoms with Gasteiger partial charge < -0.3 is 15.3 Å². The molecule has 0 unspecified atom stereocenters. The molecule has 18 heavy (non-hydrogen) atoms. The molecule has 0 aromatic heterocycles. The summed E-state index contributed by atoms with van der Waals surface area (Å²) in [5.41, 5.74) is -0.479. The lowest BCUT2D eigenvalue weighted by Crippen LogP contribution is -2.45. The quantitative estimate of drug-likeness (QED) is 0.659. The fourth-order valence-corrected chi connectivity index (χ4v) is 3.66. The summed E-state index contributed by atoms with van der Waals surface area (Å²) in [5.74, 6) is 0.381. The van der Waals surface area contributed by atoms with E-state index in [4.69, 9.17) is 0 Å². The van der Waals surface area contributed by atoms with E-state index in [0.29, 0.717) is 18.8 Å². The molecule has 0 aromatic rings. The van der Waals surface area contributed by atoms with E-state index in [-0.39, 0.29) is 18.4 Å². The summed E-state index contributed by atoms with van der Waals surface area (Å²) in [4.78, 5) is 0. The number of hydrogen-bond acceptors (Lipinski definition) is 3. The first-order valence-corrected chi connectivity index (χ1v) is 7.06. The maximum atomic E-state index is 10.7. The molecule has 4 atom stereocenters. The fourth-order valence-electron chi connectivity index (χ4n) is 3.66. The lowest BCUT2D eigenvalue weighted by molar-refractivity contribution is -0.0858. The summed E-state index contributed by atoms with van der Waals surface area (Å²) in [6, 6.07) is 0. The third-order valence-corrected chi connectivity index (χ3v) is 5.06. The third-order valence-electron chi connectivity index (χ3n) is 5.06. The SMILES string of the molecule is CC(C)C1=C[C@@H]2[C@H](CC[C@]2(C)O)[C@@](O)(CO)CC1. The highest BCUT2D eigenvalue weighted by molar-refractivity contribution is 5.19. The van der Waals surface area contributed by atoms with Gasteiger partial charge in [0.15, 0.2) is 0 Å². The molecule has 3 N–H and O–H groups in total. The van der Waals surface area contributed by atoms with Crippen molar-refractivity contribution < 1.29 is 15.3 Å². The molecule has 3 nitrogen and oxygen atoms in total. The van der Waals surface area contributed by atoms with Crippen LogP contribution in [0.25, 0.3) is 0 Å². The Morgan fingerprint density at radius 1 is 1.33 bits per heavy atom. The molecule has 2 rings (SSSR count). The minimum absolute atomic E-state index is 0.0197. The van der Waals surface area contributed by atoms with Gasteiger partial charge in [0.05, 0.1) is 17.8 Å². The Hall–Kier alpha value is -0.380. The minimum Gasteiger partial charge on any atom is -0.393 e. The molecule has 1 fully saturated rings. The maximum Gasteiger partial charge on any atom is 0.0915 e. The molecule has 0 aliphatic heterocycles. The van der Waals surface area contributed by atoms with Crippen molar-refractivity contribution in [3.63, 3.8) is 0 Å². The topological polar surface area (TPSA) is 60.7 Å². The van der Waals surface area contributed by atoms with Gasteiger partial charge >= 0.3 is 0 Å². The van der Waals surface area contributed by atoms with Gasteiger partial charge in [-0.3, -0.25) is 0 Å². The third kappa shape index (κ3) is 2.24. The zero-order chi connectivity index (χ0) is 13.6. The Balaban J connectivity index is 2.38. The van der Waals surface area contributed by atoms with Crippen molar-refractivity contribution in [2.75, 3.05) is 6.61 Å². The molecule has 0 heterocycles. The molecule has 0 spiro atoms. The second kappa shape index (κ2) is 4.62. The van der Waals surface area contributed by atoms with E-state index >= 15 is 0 Å². The van der Waals surface area contributed by atoms with Gasteiger partial charge in [0.1, 0.15) is 0 Å². The predicted molar refractivity (Wildman–Crippen MR) is 71.0 cm³/mol. The van der Waals surface area contributed by atoms with Crippen molar-refractivity contribution in [2.45, 2.75) is 57.7 Å². The highest BCUT2D eigenvalue weighted by Crippen LogP contribution is 2.50. The molecule has 3 heteroatoms. The molecule has 2 aliphatic rings. The fraction of sp³-hybridized carbons (Fsp3) is 0.867. The summed E-state index contributed by atoms with van der Waals surface area (Å²) in [6.07, 6.45) is 5.08. The molecular weight excluding hydrogens is 228 g/mol. The van der Waals surface area contributed by atoms with Gasteiger partial charge in [0, 0.05) is 5.92 Å². The molecule has 0 saturated heterocycles. The normalized spacial score (nSPS) is 44.7. The average Bonchev–Trinajstić information content (AvgIpc) is 2.50. The van der Waals surface area contributed by atoms with Crippen molar-refractivity contribution >= 4 is 0 Å². The van der Waals surface area contributed by atoms with Gasteiger partial charge in [-0.25, -0.2) is 0 Å². The van der Waals surface area contributed by atoms with Crippen LogP contribution in [0, 0.1) is 17.8 Å². The Morgan fingerprint density at radius 3 is 2.56 bits per heavy atom. The summed E-state index contributed by atoms with van der Waals surface area (Å²) < 4.78 is 0. The van der Waals surface area contributed by atoms with Crippen LogP contribution in [0.3, 0.4) is 0 Å². The largest absolute Gasteiger partial charge is 0.393 e. The monoisotopic (exact) mass is 254 g/mol. The van der Waals surface area contributed by atoms with Crippen molar-refractivity contribution in [3.05, 3.63) is 11.6 Å². The molecule has 0 amide bonds. The van der Waals surface area contributed by atoms with Crippen LogP contribution in [0.15, 0.2) is 11.6 Å². The van der Waals surface area contributed by atoms with E-state index < -0.39 is 11.2 Å². The van der Waals surface area contributed by atoms with Crippen LogP contribution in [0.5, 0.6) is 0 Å². The standard InChI is InChI=1S/C15H26O3/c1-10(2)11-4-7-15(18,9-16)12-5-6-14(3,17)13(12)8-11/h8,10,12-13,16-18H,4-7,9H2,1-3H3/t12-,13+,14-,15-/m0/s1. The number of aliphatic hydroxyl groups excluding tert-OH is 1. The van der Waals surface area contributed by atoms with E-state index in [1.807, 2.05) is 6.92 Å². The minimum atomic E-state index is -1.03. The lowest BCUT2D eigenvalue weighted by Gasteiger charge is -2.36. The zero-order valence-corrected chi connectivity index (χ0v) is 11.7. The molecule has 1 saturated carbocycles. The first-order chi connectivity index (χ1) is 8.30. The van der Waals surface area contributed by atoms with Gasteiger partial charge in [-0.05, 0) is 44.4 Å².